The van der Waals surface area contributed by atoms with E-state index in [4.69, 9.17) is 0 Å². The molecule has 0 bridgehead atoms. The highest BCUT2D eigenvalue weighted by Gasteiger charge is 2.20. The predicted octanol–water partition coefficient (Wildman–Crippen LogP) is 3.42. The summed E-state index contributed by atoms with van der Waals surface area (Å²) >= 11 is 0. The van der Waals surface area contributed by atoms with E-state index in [1.807, 2.05) is 0 Å². The van der Waals surface area contributed by atoms with Crippen molar-refractivity contribution >= 4 is 11.4 Å². The van der Waals surface area contributed by atoms with Gasteiger partial charge in [0.2, 0.25) is 0 Å². The van der Waals surface area contributed by atoms with Gasteiger partial charge in [-0.15, -0.1) is 0 Å². The third kappa shape index (κ3) is 2.13. The molecule has 2 heteroatoms. The number of fused-ring (bicyclic) bond motifs is 1. The van der Waals surface area contributed by atoms with Gasteiger partial charge >= 0.3 is 0 Å². The molecule has 1 aromatic rings. The molecule has 1 fully saturated rings. The molecule has 17 heavy (non-hydrogen) atoms. The van der Waals surface area contributed by atoms with Crippen LogP contribution in [0, 0.1) is 0 Å². The van der Waals surface area contributed by atoms with Crippen LogP contribution >= 0.6 is 0 Å². The second-order valence-electron chi connectivity index (χ2n) is 5.42. The third-order valence-electron chi connectivity index (χ3n) is 4.31. The molecule has 1 heterocycles. The number of hydrogen-bond acceptors (Lipinski definition) is 2. The van der Waals surface area contributed by atoms with E-state index in [2.05, 4.69) is 35.5 Å². The van der Waals surface area contributed by atoms with Gasteiger partial charge in [-0.2, -0.15) is 0 Å². The van der Waals surface area contributed by atoms with Crippen molar-refractivity contribution in [2.75, 3.05) is 23.8 Å². The number of benzene rings is 1. The molecule has 1 saturated carbocycles. The summed E-state index contributed by atoms with van der Waals surface area (Å²) in [6.07, 6.45) is 8.03. The maximum absolute atomic E-state index is 3.52. The van der Waals surface area contributed by atoms with Crippen molar-refractivity contribution in [3.8, 4) is 0 Å². The maximum atomic E-state index is 3.52. The Morgan fingerprint density at radius 1 is 1.18 bits per heavy atom. The molecule has 0 radical (unpaired) electrons. The highest BCUT2D eigenvalue weighted by atomic mass is 15.1. The lowest BCUT2D eigenvalue weighted by Crippen LogP contribution is -2.29. The van der Waals surface area contributed by atoms with Crippen LogP contribution in [0.2, 0.25) is 0 Å². The number of nitrogens with zero attached hydrogens (tertiary/aromatic N) is 1. The number of aryl methyl sites for hydroxylation is 1. The van der Waals surface area contributed by atoms with Crippen molar-refractivity contribution in [2.45, 2.75) is 44.6 Å². The van der Waals surface area contributed by atoms with Crippen LogP contribution in [0.25, 0.3) is 0 Å². The SMILES string of the molecule is CN(c1ccc2c(c1)NCCC2)C1CCCC1. The third-order valence-corrected chi connectivity index (χ3v) is 4.31. The second-order valence-corrected chi connectivity index (χ2v) is 5.42. The van der Waals surface area contributed by atoms with Crippen molar-refractivity contribution in [3.63, 3.8) is 0 Å². The van der Waals surface area contributed by atoms with Gasteiger partial charge in [0.15, 0.2) is 0 Å². The number of anilines is 2. The first-order valence-corrected chi connectivity index (χ1v) is 6.94. The quantitative estimate of drug-likeness (QED) is 0.837. The minimum Gasteiger partial charge on any atom is -0.385 e. The summed E-state index contributed by atoms with van der Waals surface area (Å²) < 4.78 is 0. The van der Waals surface area contributed by atoms with E-state index in [0.29, 0.717) is 0 Å². The van der Waals surface area contributed by atoms with Gasteiger partial charge in [0, 0.05) is 31.0 Å². The fourth-order valence-electron chi connectivity index (χ4n) is 3.17. The zero-order valence-electron chi connectivity index (χ0n) is 10.7. The summed E-state index contributed by atoms with van der Waals surface area (Å²) in [4.78, 5) is 2.48. The summed E-state index contributed by atoms with van der Waals surface area (Å²) in [5.74, 6) is 0. The van der Waals surface area contributed by atoms with Crippen molar-refractivity contribution in [2.24, 2.45) is 0 Å². The average molecular weight is 230 g/mol. The number of hydrogen-bond donors (Lipinski definition) is 1. The molecular weight excluding hydrogens is 208 g/mol. The van der Waals surface area contributed by atoms with Crippen molar-refractivity contribution < 1.29 is 0 Å². The van der Waals surface area contributed by atoms with Gasteiger partial charge in [0.25, 0.3) is 0 Å². The Balaban J connectivity index is 1.82. The molecule has 2 nitrogen and oxygen atoms in total. The van der Waals surface area contributed by atoms with Gasteiger partial charge < -0.3 is 10.2 Å². The van der Waals surface area contributed by atoms with Gasteiger partial charge in [0.1, 0.15) is 0 Å². The highest BCUT2D eigenvalue weighted by Crippen LogP contribution is 2.31. The van der Waals surface area contributed by atoms with Crippen molar-refractivity contribution in [1.82, 2.24) is 0 Å². The molecule has 1 aromatic carbocycles. The fourth-order valence-corrected chi connectivity index (χ4v) is 3.17. The average Bonchev–Trinajstić information content (AvgIpc) is 2.91. The highest BCUT2D eigenvalue weighted by molar-refractivity contribution is 5.63. The second kappa shape index (κ2) is 4.59. The first-order chi connectivity index (χ1) is 8.34. The predicted molar refractivity (Wildman–Crippen MR) is 73.9 cm³/mol. The summed E-state index contributed by atoms with van der Waals surface area (Å²) in [5, 5.41) is 3.52. The normalized spacial score (nSPS) is 19.8. The largest absolute Gasteiger partial charge is 0.385 e. The Hall–Kier alpha value is -1.18. The van der Waals surface area contributed by atoms with Gasteiger partial charge in [0.05, 0.1) is 0 Å². The Morgan fingerprint density at radius 2 is 2.00 bits per heavy atom. The van der Waals surface area contributed by atoms with E-state index >= 15 is 0 Å². The van der Waals surface area contributed by atoms with Crippen LogP contribution in [0.5, 0.6) is 0 Å². The van der Waals surface area contributed by atoms with Crippen molar-refractivity contribution in [1.29, 1.82) is 0 Å². The van der Waals surface area contributed by atoms with Crippen LogP contribution in [-0.2, 0) is 6.42 Å². The lowest BCUT2D eigenvalue weighted by atomic mass is 10.0. The van der Waals surface area contributed by atoms with E-state index in [-0.39, 0.29) is 0 Å². The molecule has 92 valence electrons. The van der Waals surface area contributed by atoms with Gasteiger partial charge in [-0.25, -0.2) is 0 Å². The fraction of sp³-hybridized carbons (Fsp3) is 0.600. The molecule has 1 N–H and O–H groups in total. The minimum atomic E-state index is 0.761. The molecule has 1 aliphatic heterocycles. The molecule has 0 spiro atoms. The lowest BCUT2D eigenvalue weighted by Gasteiger charge is -2.28. The Bertz CT molecular complexity index is 394. The van der Waals surface area contributed by atoms with E-state index in [1.165, 1.54) is 55.5 Å². The zero-order valence-corrected chi connectivity index (χ0v) is 10.7. The molecule has 0 aromatic heterocycles. The van der Waals surface area contributed by atoms with E-state index in [9.17, 15) is 0 Å². The van der Waals surface area contributed by atoms with Crippen molar-refractivity contribution in [3.05, 3.63) is 23.8 Å². The first kappa shape index (κ1) is 10.9. The summed E-state index contributed by atoms with van der Waals surface area (Å²) in [6.45, 7) is 1.13. The van der Waals surface area contributed by atoms with E-state index in [1.54, 1.807) is 0 Å². The van der Waals surface area contributed by atoms with Crippen LogP contribution in [0.4, 0.5) is 11.4 Å². The smallest absolute Gasteiger partial charge is 0.0393 e. The van der Waals surface area contributed by atoms with Crippen LogP contribution < -0.4 is 10.2 Å². The standard InChI is InChI=1S/C15H22N2/c1-17(13-6-2-3-7-13)14-9-8-12-5-4-10-16-15(12)11-14/h8-9,11,13,16H,2-7,10H2,1H3. The number of nitrogens with one attached hydrogen (secondary N) is 1. The summed E-state index contributed by atoms with van der Waals surface area (Å²) in [6, 6.07) is 7.70. The maximum Gasteiger partial charge on any atom is 0.0393 e. The van der Waals surface area contributed by atoms with Crippen LogP contribution in [0.3, 0.4) is 0 Å². The van der Waals surface area contributed by atoms with Gasteiger partial charge in [-0.1, -0.05) is 18.9 Å². The molecule has 0 amide bonds. The van der Waals surface area contributed by atoms with Gasteiger partial charge in [-0.05, 0) is 43.4 Å². The minimum absolute atomic E-state index is 0.761. The zero-order chi connectivity index (χ0) is 11.7. The lowest BCUT2D eigenvalue weighted by molar-refractivity contribution is 0.653. The first-order valence-electron chi connectivity index (χ1n) is 6.94. The van der Waals surface area contributed by atoms with Crippen LogP contribution in [0.15, 0.2) is 18.2 Å². The van der Waals surface area contributed by atoms with Gasteiger partial charge in [-0.3, -0.25) is 0 Å². The van der Waals surface area contributed by atoms with E-state index in [0.717, 1.165) is 12.6 Å². The van der Waals surface area contributed by atoms with Crippen LogP contribution in [-0.4, -0.2) is 19.6 Å². The monoisotopic (exact) mass is 230 g/mol. The molecule has 2 aliphatic rings. The summed E-state index contributed by atoms with van der Waals surface area (Å²) in [7, 11) is 2.25. The molecule has 3 rings (SSSR count). The molecule has 0 unspecified atom stereocenters. The molecular formula is C15H22N2. The Labute approximate surface area is 104 Å². The number of rotatable bonds is 2. The Kier molecular flexibility index (Phi) is 2.96. The summed E-state index contributed by atoms with van der Waals surface area (Å²) in [5.41, 5.74) is 4.23. The Morgan fingerprint density at radius 3 is 2.82 bits per heavy atom. The van der Waals surface area contributed by atoms with Crippen LogP contribution in [0.1, 0.15) is 37.7 Å². The molecule has 1 aliphatic carbocycles. The molecule has 0 atom stereocenters. The topological polar surface area (TPSA) is 15.3 Å². The molecule has 0 saturated heterocycles. The van der Waals surface area contributed by atoms with E-state index < -0.39 is 0 Å².